The normalized spacial score (nSPS) is 17.3. The van der Waals surface area contributed by atoms with Crippen molar-refractivity contribution in [3.05, 3.63) is 71.3 Å². The molecule has 19 heavy (non-hydrogen) atoms. The summed E-state index contributed by atoms with van der Waals surface area (Å²) in [5.74, 6) is 0.731. The number of aryl methyl sites for hydroxylation is 1. The molecular weight excluding hydrogens is 311 g/mol. The maximum atomic E-state index is 5.91. The smallest absolute Gasteiger partial charge is 0.191 e. The van der Waals surface area contributed by atoms with Gasteiger partial charge >= 0.3 is 0 Å². The van der Waals surface area contributed by atoms with Crippen LogP contribution in [0.1, 0.15) is 22.8 Å². The molecule has 2 nitrogen and oxygen atoms in total. The van der Waals surface area contributed by atoms with Crippen molar-refractivity contribution < 1.29 is 37.4 Å². The number of hydrogen-bond acceptors (Lipinski definition) is 2. The fraction of sp³-hybridized carbons (Fsp3) is 0.188. The third-order valence-electron chi connectivity index (χ3n) is 3.07. The molecule has 0 spiro atoms. The second kappa shape index (κ2) is 6.45. The first-order valence-electron chi connectivity index (χ1n) is 6.07. The quantitative estimate of drug-likeness (QED) is 0.777. The van der Waals surface area contributed by atoms with E-state index >= 15 is 0 Å². The van der Waals surface area contributed by atoms with Crippen LogP contribution in [-0.4, -0.2) is 12.4 Å². The molecule has 1 heterocycles. The average molecular weight is 325 g/mol. The Balaban J connectivity index is 0.00000133. The van der Waals surface area contributed by atoms with Crippen molar-refractivity contribution in [3.8, 4) is 0 Å². The summed E-state index contributed by atoms with van der Waals surface area (Å²) in [6.07, 6.45) is 0.0461. The van der Waals surface area contributed by atoms with Crippen LogP contribution in [0.25, 0.3) is 0 Å². The molecule has 2 aromatic carbocycles. The summed E-state index contributed by atoms with van der Waals surface area (Å²) >= 11 is 0. The van der Waals surface area contributed by atoms with Crippen LogP contribution in [0, 0.1) is 13.0 Å². The van der Waals surface area contributed by atoms with E-state index in [9.17, 15) is 0 Å². The summed E-state index contributed by atoms with van der Waals surface area (Å²) in [7, 11) is 0. The molecule has 0 amide bonds. The number of nitrogens with zero attached hydrogens (tertiary/aromatic N) is 1. The fourth-order valence-electron chi connectivity index (χ4n) is 2.02. The van der Waals surface area contributed by atoms with Gasteiger partial charge in [0.1, 0.15) is 6.10 Å². The molecule has 0 fully saturated rings. The van der Waals surface area contributed by atoms with Crippen LogP contribution in [0.5, 0.6) is 0 Å². The number of benzene rings is 2. The van der Waals surface area contributed by atoms with Gasteiger partial charge in [0.2, 0.25) is 0 Å². The Morgan fingerprint density at radius 1 is 1.11 bits per heavy atom. The van der Waals surface area contributed by atoms with Crippen molar-refractivity contribution in [2.45, 2.75) is 13.0 Å². The molecule has 0 saturated carbocycles. The summed E-state index contributed by atoms with van der Waals surface area (Å²) in [4.78, 5) is 4.47. The van der Waals surface area contributed by atoms with Crippen molar-refractivity contribution in [2.75, 3.05) is 6.54 Å². The van der Waals surface area contributed by atoms with Crippen LogP contribution in [0.2, 0.25) is 0 Å². The van der Waals surface area contributed by atoms with Gasteiger partial charge in [-0.25, -0.2) is 4.99 Å². The van der Waals surface area contributed by atoms with Crippen LogP contribution in [0.3, 0.4) is 0 Å². The molecule has 3 rings (SSSR count). The largest absolute Gasteiger partial charge is 0.469 e. The van der Waals surface area contributed by atoms with E-state index in [0.717, 1.165) is 11.5 Å². The molecule has 0 aromatic heterocycles. The molecule has 0 bridgehead atoms. The van der Waals surface area contributed by atoms with E-state index < -0.39 is 0 Å². The van der Waals surface area contributed by atoms with Crippen LogP contribution in [0.15, 0.2) is 53.5 Å². The third kappa shape index (κ3) is 3.31. The molecule has 1 unspecified atom stereocenters. The second-order valence-electron chi connectivity index (χ2n) is 4.45. The Bertz CT molecular complexity index is 563. The van der Waals surface area contributed by atoms with Crippen LogP contribution in [0.4, 0.5) is 0 Å². The monoisotopic (exact) mass is 325 g/mol. The van der Waals surface area contributed by atoms with Gasteiger partial charge in [-0.2, -0.15) is 30.3 Å². The zero-order valence-electron chi connectivity index (χ0n) is 10.8. The van der Waals surface area contributed by atoms with E-state index in [1.807, 2.05) is 24.3 Å². The van der Waals surface area contributed by atoms with Crippen LogP contribution < -0.4 is 0 Å². The topological polar surface area (TPSA) is 21.6 Å². The minimum absolute atomic E-state index is 0. The van der Waals surface area contributed by atoms with Gasteiger partial charge in [-0.1, -0.05) is 35.4 Å². The Labute approximate surface area is 138 Å². The summed E-state index contributed by atoms with van der Waals surface area (Å²) in [5, 5.41) is 0. The molecule has 2 aromatic rings. The Hall–Kier alpha value is -0.986. The molecule has 1 aliphatic rings. The molecule has 1 atom stereocenters. The minimum atomic E-state index is 0. The Kier molecular flexibility index (Phi) is 4.89. The van der Waals surface area contributed by atoms with E-state index in [0.29, 0.717) is 6.54 Å². The van der Waals surface area contributed by atoms with Gasteiger partial charge in [-0.05, 0) is 12.5 Å². The van der Waals surface area contributed by atoms with Crippen molar-refractivity contribution >= 4 is 5.90 Å². The predicted molar refractivity (Wildman–Crippen MR) is 71.7 cm³/mol. The third-order valence-corrected chi connectivity index (χ3v) is 3.07. The molecule has 3 heteroatoms. The summed E-state index contributed by atoms with van der Waals surface area (Å²) in [6, 6.07) is 19.1. The number of rotatable bonds is 2. The van der Waals surface area contributed by atoms with E-state index in [-0.39, 0.29) is 38.8 Å². The number of hydrogen-bond donors (Lipinski definition) is 0. The molecule has 1 aliphatic heterocycles. The van der Waals surface area contributed by atoms with Crippen molar-refractivity contribution in [3.63, 3.8) is 0 Å². The van der Waals surface area contributed by atoms with Gasteiger partial charge in [0.25, 0.3) is 0 Å². The van der Waals surface area contributed by atoms with Crippen molar-refractivity contribution in [2.24, 2.45) is 4.99 Å². The molecule has 0 saturated heterocycles. The first kappa shape index (κ1) is 14.4. The standard InChI is InChI=1S/C16H14NO.Y/c1-12-7-9-13(10-8-12)15-11-17-16(18-15)14-5-3-2-4-6-14;/h3-10,15H,11H2,1H3;/q-1;. The zero-order chi connectivity index (χ0) is 12.4. The van der Waals surface area contributed by atoms with Gasteiger partial charge in [-0.15, -0.1) is 0 Å². The molecular formula is C16H14NOY-. The molecule has 0 aliphatic carbocycles. The average Bonchev–Trinajstić information content (AvgIpc) is 2.90. The Morgan fingerprint density at radius 3 is 2.47 bits per heavy atom. The molecule has 0 N–H and O–H groups in total. The van der Waals surface area contributed by atoms with E-state index in [4.69, 9.17) is 4.74 Å². The maximum Gasteiger partial charge on any atom is 0.191 e. The van der Waals surface area contributed by atoms with Gasteiger partial charge in [-0.3, -0.25) is 0 Å². The first-order valence-corrected chi connectivity index (χ1v) is 6.07. The van der Waals surface area contributed by atoms with Gasteiger partial charge < -0.3 is 4.74 Å². The second-order valence-corrected chi connectivity index (χ2v) is 4.45. The molecule has 1 radical (unpaired) electrons. The van der Waals surface area contributed by atoms with Gasteiger partial charge in [0.05, 0.1) is 6.54 Å². The van der Waals surface area contributed by atoms with E-state index in [1.165, 1.54) is 11.1 Å². The fourth-order valence-corrected chi connectivity index (χ4v) is 2.02. The van der Waals surface area contributed by atoms with Gasteiger partial charge in [0, 0.05) is 32.7 Å². The zero-order valence-corrected chi connectivity index (χ0v) is 13.7. The number of aliphatic imine (C=N–C) groups is 1. The maximum absolute atomic E-state index is 5.91. The summed E-state index contributed by atoms with van der Waals surface area (Å²) in [6.45, 7) is 2.78. The first-order chi connectivity index (χ1) is 8.83. The van der Waals surface area contributed by atoms with E-state index in [1.54, 1.807) is 0 Å². The van der Waals surface area contributed by atoms with Gasteiger partial charge in [0.15, 0.2) is 5.90 Å². The minimum Gasteiger partial charge on any atom is -0.469 e. The van der Waals surface area contributed by atoms with Crippen LogP contribution in [-0.2, 0) is 37.4 Å². The van der Waals surface area contributed by atoms with E-state index in [2.05, 4.69) is 42.2 Å². The summed E-state index contributed by atoms with van der Waals surface area (Å²) in [5.41, 5.74) is 3.46. The SMILES string of the molecule is Cc1ccc(C2CN=C(c3cc[c-]cc3)O2)cc1.[Y]. The summed E-state index contributed by atoms with van der Waals surface area (Å²) < 4.78 is 5.91. The Morgan fingerprint density at radius 2 is 1.79 bits per heavy atom. The number of ether oxygens (including phenoxy) is 1. The predicted octanol–water partition coefficient (Wildman–Crippen LogP) is 3.31. The van der Waals surface area contributed by atoms with Crippen LogP contribution >= 0.6 is 0 Å². The van der Waals surface area contributed by atoms with Crippen molar-refractivity contribution in [1.29, 1.82) is 0 Å². The van der Waals surface area contributed by atoms with Crippen molar-refractivity contribution in [1.82, 2.24) is 0 Å². The molecule has 93 valence electrons.